The van der Waals surface area contributed by atoms with Gasteiger partial charge in [-0.25, -0.2) is 0 Å². The van der Waals surface area contributed by atoms with Crippen molar-refractivity contribution in [2.45, 2.75) is 32.7 Å². The van der Waals surface area contributed by atoms with Crippen LogP contribution in [0.4, 0.5) is 0 Å². The molecule has 2 aromatic carbocycles. The number of carbonyl (C=O) groups is 2. The van der Waals surface area contributed by atoms with Crippen molar-refractivity contribution in [2.75, 3.05) is 33.3 Å². The van der Waals surface area contributed by atoms with Gasteiger partial charge in [0, 0.05) is 17.7 Å². The number of nitrogens with zero attached hydrogens (tertiary/aromatic N) is 1. The number of aryl methyl sites for hydroxylation is 2. The van der Waals surface area contributed by atoms with Gasteiger partial charge in [-0.1, -0.05) is 24.3 Å². The molecular weight excluding hydrogens is 378 g/mol. The normalized spacial score (nSPS) is 14.9. The molecule has 0 unspecified atom stereocenters. The summed E-state index contributed by atoms with van der Waals surface area (Å²) in [6.07, 6.45) is 2.32. The molecule has 1 heterocycles. The Bertz CT molecular complexity index is 891. The average Bonchev–Trinajstić information content (AvgIpc) is 3.29. The first-order valence-electron chi connectivity index (χ1n) is 10.5. The van der Waals surface area contributed by atoms with Gasteiger partial charge in [0.1, 0.15) is 5.75 Å². The van der Waals surface area contributed by atoms with Crippen LogP contribution in [0.1, 0.15) is 45.9 Å². The lowest BCUT2D eigenvalue weighted by Gasteiger charge is -2.29. The molecule has 6 nitrogen and oxygen atoms in total. The molecule has 6 heteroatoms. The highest BCUT2D eigenvalue weighted by atomic mass is 16.5. The number of para-hydroxylation sites is 1. The van der Waals surface area contributed by atoms with Gasteiger partial charge in [0.2, 0.25) is 5.91 Å². The van der Waals surface area contributed by atoms with E-state index in [0.29, 0.717) is 12.1 Å². The SMILES string of the molecule is COc1ccccc1[C@H](CNC(=O)CNC(=O)c1ccc(C)c(C)c1)N1CCCC1. The van der Waals surface area contributed by atoms with Crippen molar-refractivity contribution in [2.24, 2.45) is 0 Å². The Balaban J connectivity index is 1.59. The number of carbonyl (C=O) groups excluding carboxylic acids is 2. The molecule has 2 amide bonds. The van der Waals surface area contributed by atoms with E-state index in [1.165, 1.54) is 0 Å². The monoisotopic (exact) mass is 409 g/mol. The second kappa shape index (κ2) is 10.3. The van der Waals surface area contributed by atoms with E-state index in [2.05, 4.69) is 21.6 Å². The topological polar surface area (TPSA) is 70.7 Å². The Kier molecular flexibility index (Phi) is 7.46. The van der Waals surface area contributed by atoms with Crippen LogP contribution in [0.15, 0.2) is 42.5 Å². The summed E-state index contributed by atoms with van der Waals surface area (Å²) in [7, 11) is 1.67. The number of ether oxygens (including phenoxy) is 1. The predicted molar refractivity (Wildman–Crippen MR) is 118 cm³/mol. The Morgan fingerprint density at radius 1 is 1.03 bits per heavy atom. The van der Waals surface area contributed by atoms with Gasteiger partial charge in [0.25, 0.3) is 5.91 Å². The van der Waals surface area contributed by atoms with Gasteiger partial charge in [0.15, 0.2) is 0 Å². The minimum absolute atomic E-state index is 0.0445. The molecule has 0 aromatic heterocycles. The number of hydrogen-bond acceptors (Lipinski definition) is 4. The predicted octanol–water partition coefficient (Wildman–Crippen LogP) is 3.00. The zero-order chi connectivity index (χ0) is 21.5. The highest BCUT2D eigenvalue weighted by molar-refractivity contribution is 5.96. The molecule has 1 saturated heterocycles. The van der Waals surface area contributed by atoms with Crippen molar-refractivity contribution in [1.29, 1.82) is 0 Å². The average molecular weight is 410 g/mol. The molecule has 2 N–H and O–H groups in total. The molecule has 0 spiro atoms. The molecule has 160 valence electrons. The molecule has 1 aliphatic rings. The van der Waals surface area contributed by atoms with Gasteiger partial charge in [-0.3, -0.25) is 14.5 Å². The second-order valence-corrected chi connectivity index (χ2v) is 7.79. The lowest BCUT2D eigenvalue weighted by molar-refractivity contribution is -0.120. The maximum atomic E-state index is 12.4. The first-order chi connectivity index (χ1) is 14.5. The maximum Gasteiger partial charge on any atom is 0.251 e. The van der Waals surface area contributed by atoms with Crippen molar-refractivity contribution >= 4 is 11.8 Å². The van der Waals surface area contributed by atoms with Gasteiger partial charge in [-0.15, -0.1) is 0 Å². The quantitative estimate of drug-likeness (QED) is 0.703. The summed E-state index contributed by atoms with van der Waals surface area (Å²) in [5.74, 6) is 0.382. The number of hydrogen-bond donors (Lipinski definition) is 2. The van der Waals surface area contributed by atoms with E-state index in [1.54, 1.807) is 13.2 Å². The highest BCUT2D eigenvalue weighted by Crippen LogP contribution is 2.31. The van der Waals surface area contributed by atoms with Crippen LogP contribution < -0.4 is 15.4 Å². The number of benzene rings is 2. The molecule has 0 saturated carbocycles. The third-order valence-electron chi connectivity index (χ3n) is 5.75. The first kappa shape index (κ1) is 21.8. The zero-order valence-electron chi connectivity index (χ0n) is 18.0. The van der Waals surface area contributed by atoms with Crippen LogP contribution in [0, 0.1) is 13.8 Å². The van der Waals surface area contributed by atoms with Crippen LogP contribution in [0.2, 0.25) is 0 Å². The third kappa shape index (κ3) is 5.39. The van der Waals surface area contributed by atoms with Crippen LogP contribution in [0.25, 0.3) is 0 Å². The highest BCUT2D eigenvalue weighted by Gasteiger charge is 2.26. The Labute approximate surface area is 178 Å². The van der Waals surface area contributed by atoms with E-state index >= 15 is 0 Å². The molecule has 30 heavy (non-hydrogen) atoms. The molecule has 1 aliphatic heterocycles. The van der Waals surface area contributed by atoms with E-state index < -0.39 is 0 Å². The Morgan fingerprint density at radius 3 is 2.47 bits per heavy atom. The molecular formula is C24H31N3O3. The molecule has 0 bridgehead atoms. The number of nitrogens with one attached hydrogen (secondary N) is 2. The molecule has 1 fully saturated rings. The van der Waals surface area contributed by atoms with Crippen LogP contribution in [-0.4, -0.2) is 50.0 Å². The Hall–Kier alpha value is -2.86. The van der Waals surface area contributed by atoms with Crippen molar-refractivity contribution in [3.63, 3.8) is 0 Å². The summed E-state index contributed by atoms with van der Waals surface area (Å²) in [6, 6.07) is 13.5. The third-order valence-corrected chi connectivity index (χ3v) is 5.75. The fraction of sp³-hybridized carbons (Fsp3) is 0.417. The largest absolute Gasteiger partial charge is 0.496 e. The molecule has 0 aliphatic carbocycles. The van der Waals surface area contributed by atoms with E-state index in [1.807, 2.05) is 44.2 Å². The molecule has 2 aromatic rings. The fourth-order valence-corrected chi connectivity index (χ4v) is 3.85. The minimum atomic E-state index is -0.242. The summed E-state index contributed by atoms with van der Waals surface area (Å²) in [5.41, 5.74) is 3.82. The van der Waals surface area contributed by atoms with Gasteiger partial charge in [-0.05, 0) is 69.1 Å². The van der Waals surface area contributed by atoms with Crippen molar-refractivity contribution in [3.05, 3.63) is 64.7 Å². The van der Waals surface area contributed by atoms with Gasteiger partial charge in [-0.2, -0.15) is 0 Å². The molecule has 1 atom stereocenters. The summed E-state index contributed by atoms with van der Waals surface area (Å²) in [6.45, 7) is 6.39. The van der Waals surface area contributed by atoms with Gasteiger partial charge in [0.05, 0.1) is 19.7 Å². The Morgan fingerprint density at radius 2 is 1.77 bits per heavy atom. The lowest BCUT2D eigenvalue weighted by Crippen LogP contribution is -2.41. The number of amides is 2. The zero-order valence-corrected chi connectivity index (χ0v) is 18.0. The summed E-state index contributed by atoms with van der Waals surface area (Å²) >= 11 is 0. The summed E-state index contributed by atoms with van der Waals surface area (Å²) < 4.78 is 5.54. The van der Waals surface area contributed by atoms with Crippen LogP contribution >= 0.6 is 0 Å². The number of methoxy groups -OCH3 is 1. The lowest BCUT2D eigenvalue weighted by atomic mass is 10.0. The van der Waals surface area contributed by atoms with Gasteiger partial charge >= 0.3 is 0 Å². The van der Waals surface area contributed by atoms with Crippen LogP contribution in [-0.2, 0) is 4.79 Å². The van der Waals surface area contributed by atoms with Crippen molar-refractivity contribution in [3.8, 4) is 5.75 Å². The van der Waals surface area contributed by atoms with Gasteiger partial charge < -0.3 is 15.4 Å². The van der Waals surface area contributed by atoms with E-state index in [9.17, 15) is 9.59 Å². The van der Waals surface area contributed by atoms with Crippen molar-refractivity contribution < 1.29 is 14.3 Å². The van der Waals surface area contributed by atoms with E-state index in [0.717, 1.165) is 48.4 Å². The number of likely N-dealkylation sites (tertiary alicyclic amines) is 1. The van der Waals surface area contributed by atoms with E-state index in [4.69, 9.17) is 4.74 Å². The minimum Gasteiger partial charge on any atom is -0.496 e. The molecule has 3 rings (SSSR count). The van der Waals surface area contributed by atoms with E-state index in [-0.39, 0.29) is 24.4 Å². The first-order valence-corrected chi connectivity index (χ1v) is 10.5. The second-order valence-electron chi connectivity index (χ2n) is 7.79. The summed E-state index contributed by atoms with van der Waals surface area (Å²) in [5, 5.41) is 5.70. The number of rotatable bonds is 8. The smallest absolute Gasteiger partial charge is 0.251 e. The van der Waals surface area contributed by atoms with Crippen molar-refractivity contribution in [1.82, 2.24) is 15.5 Å². The standard InChI is InChI=1S/C24H31N3O3/c1-17-10-11-19(14-18(17)2)24(29)26-16-23(28)25-15-21(27-12-6-7-13-27)20-8-4-5-9-22(20)30-3/h4-5,8-11,14,21H,6-7,12-13,15-16H2,1-3H3,(H,25,28)(H,26,29)/t21-/m0/s1. The fourth-order valence-electron chi connectivity index (χ4n) is 3.85. The molecule has 0 radical (unpaired) electrons. The maximum absolute atomic E-state index is 12.4. The van der Waals surface area contributed by atoms with Crippen LogP contribution in [0.3, 0.4) is 0 Å². The van der Waals surface area contributed by atoms with Crippen LogP contribution in [0.5, 0.6) is 5.75 Å². The summed E-state index contributed by atoms with van der Waals surface area (Å²) in [4.78, 5) is 27.2.